The van der Waals surface area contributed by atoms with Crippen molar-refractivity contribution in [1.82, 2.24) is 25.2 Å². The number of halogens is 1. The van der Waals surface area contributed by atoms with Gasteiger partial charge < -0.3 is 5.32 Å². The molecule has 7 nitrogen and oxygen atoms in total. The van der Waals surface area contributed by atoms with Crippen LogP contribution in [0.4, 0.5) is 5.82 Å². The second-order valence-electron chi connectivity index (χ2n) is 5.77. The fourth-order valence-electron chi connectivity index (χ4n) is 2.34. The molecule has 3 rings (SSSR count). The van der Waals surface area contributed by atoms with Crippen molar-refractivity contribution in [3.05, 3.63) is 52.7 Å². The van der Waals surface area contributed by atoms with Gasteiger partial charge in [0.1, 0.15) is 5.82 Å². The van der Waals surface area contributed by atoms with Crippen molar-refractivity contribution >= 4 is 35.1 Å². The number of hydrogen-bond donors (Lipinski definition) is 1. The largest absolute Gasteiger partial charge is 0.310 e. The molecule has 2 heterocycles. The third-order valence-corrected chi connectivity index (χ3v) is 4.91. The Labute approximate surface area is 160 Å². The Morgan fingerprint density at radius 3 is 2.77 bits per heavy atom. The van der Waals surface area contributed by atoms with Crippen LogP contribution in [0.15, 0.2) is 41.7 Å². The monoisotopic (exact) mass is 388 g/mol. The predicted molar refractivity (Wildman–Crippen MR) is 102 cm³/mol. The van der Waals surface area contributed by atoms with Gasteiger partial charge in [0.2, 0.25) is 11.1 Å². The van der Waals surface area contributed by atoms with Crippen LogP contribution in [-0.2, 0) is 4.79 Å². The van der Waals surface area contributed by atoms with E-state index in [4.69, 9.17) is 11.6 Å². The number of benzene rings is 1. The van der Waals surface area contributed by atoms with Crippen molar-refractivity contribution in [3.63, 3.8) is 0 Å². The second kappa shape index (κ2) is 7.84. The van der Waals surface area contributed by atoms with Crippen LogP contribution in [0.2, 0.25) is 5.02 Å². The molecule has 9 heteroatoms. The number of aromatic nitrogens is 5. The summed E-state index contributed by atoms with van der Waals surface area (Å²) >= 11 is 7.08. The summed E-state index contributed by atoms with van der Waals surface area (Å²) in [6.45, 7) is 5.82. The normalized spacial score (nSPS) is 12.0. The van der Waals surface area contributed by atoms with Crippen molar-refractivity contribution < 1.29 is 4.79 Å². The Hall–Kier alpha value is -2.45. The van der Waals surface area contributed by atoms with Crippen LogP contribution >= 0.6 is 23.4 Å². The average molecular weight is 389 g/mol. The highest BCUT2D eigenvalue weighted by Crippen LogP contribution is 2.25. The Morgan fingerprint density at radius 1 is 1.27 bits per heavy atom. The van der Waals surface area contributed by atoms with E-state index >= 15 is 0 Å². The molecule has 0 radical (unpaired) electrons. The number of hydrogen-bond acceptors (Lipinski definition) is 6. The predicted octanol–water partition coefficient (Wildman–Crippen LogP) is 3.45. The molecule has 0 aliphatic rings. The molecule has 3 aromatic rings. The minimum atomic E-state index is -0.414. The Balaban J connectivity index is 1.74. The van der Waals surface area contributed by atoms with Crippen molar-refractivity contribution in [2.75, 3.05) is 5.32 Å². The molecule has 134 valence electrons. The zero-order valence-electron chi connectivity index (χ0n) is 14.5. The van der Waals surface area contributed by atoms with E-state index in [1.54, 1.807) is 23.7 Å². The first-order valence-corrected chi connectivity index (χ1v) is 9.15. The van der Waals surface area contributed by atoms with Gasteiger partial charge in [-0.25, -0.2) is 4.98 Å². The van der Waals surface area contributed by atoms with Crippen molar-refractivity contribution in [1.29, 1.82) is 0 Å². The van der Waals surface area contributed by atoms with E-state index in [9.17, 15) is 4.79 Å². The Bertz CT molecular complexity index is 927. The molecule has 0 unspecified atom stereocenters. The molecule has 0 aliphatic carbocycles. The van der Waals surface area contributed by atoms with Crippen molar-refractivity contribution in [2.45, 2.75) is 31.2 Å². The Morgan fingerprint density at radius 2 is 2.08 bits per heavy atom. The van der Waals surface area contributed by atoms with E-state index < -0.39 is 5.25 Å². The first-order valence-electron chi connectivity index (χ1n) is 7.89. The maximum atomic E-state index is 12.4. The molecular formula is C17H17ClN6OS. The first-order chi connectivity index (χ1) is 12.4. The molecule has 2 aromatic heterocycles. The first kappa shape index (κ1) is 18.3. The summed E-state index contributed by atoms with van der Waals surface area (Å²) < 4.78 is 1.64. The van der Waals surface area contributed by atoms with Gasteiger partial charge in [-0.15, -0.1) is 5.10 Å². The fraction of sp³-hybridized carbons (Fsp3) is 0.235. The van der Waals surface area contributed by atoms with Crippen molar-refractivity contribution in [3.8, 4) is 5.69 Å². The quantitative estimate of drug-likeness (QED) is 0.674. The molecular weight excluding hydrogens is 372 g/mol. The maximum absolute atomic E-state index is 12.4. The number of nitrogens with one attached hydrogen (secondary N) is 1. The number of carbonyl (C=O) groups is 1. The molecule has 0 bridgehead atoms. The number of pyridine rings is 1. The summed E-state index contributed by atoms with van der Waals surface area (Å²) in [5.41, 5.74) is 3.11. The van der Waals surface area contributed by atoms with Crippen LogP contribution in [-0.4, -0.2) is 36.3 Å². The molecule has 0 saturated heterocycles. The molecule has 0 saturated carbocycles. The number of amides is 1. The zero-order valence-corrected chi connectivity index (χ0v) is 16.0. The van der Waals surface area contributed by atoms with Crippen molar-refractivity contribution in [2.24, 2.45) is 0 Å². The SMILES string of the molecule is Cc1ccc(-n2nnnc2S[C@H](C)C(=O)Nc2ccc(Cl)cn2)c(C)c1. The van der Waals surface area contributed by atoms with Crippen LogP contribution in [0.25, 0.3) is 5.69 Å². The van der Waals surface area contributed by atoms with E-state index in [2.05, 4.69) is 31.9 Å². The average Bonchev–Trinajstić information content (AvgIpc) is 3.04. The zero-order chi connectivity index (χ0) is 18.7. The second-order valence-corrected chi connectivity index (χ2v) is 7.52. The number of tetrazole rings is 1. The van der Waals surface area contributed by atoms with Crippen LogP contribution in [0, 0.1) is 13.8 Å². The molecule has 1 N–H and O–H groups in total. The molecule has 1 amide bonds. The minimum Gasteiger partial charge on any atom is -0.310 e. The lowest BCUT2D eigenvalue weighted by Gasteiger charge is -2.12. The van der Waals surface area contributed by atoms with Gasteiger partial charge in [-0.3, -0.25) is 4.79 Å². The topological polar surface area (TPSA) is 85.6 Å². The summed E-state index contributed by atoms with van der Waals surface area (Å²) in [7, 11) is 0. The molecule has 0 aliphatic heterocycles. The molecule has 0 spiro atoms. The summed E-state index contributed by atoms with van der Waals surface area (Å²) in [5, 5.41) is 15.3. The number of aryl methyl sites for hydroxylation is 2. The van der Waals surface area contributed by atoms with Crippen LogP contribution in [0.3, 0.4) is 0 Å². The smallest absolute Gasteiger partial charge is 0.238 e. The van der Waals surface area contributed by atoms with Gasteiger partial charge in [-0.1, -0.05) is 41.1 Å². The van der Waals surface area contributed by atoms with Gasteiger partial charge >= 0.3 is 0 Å². The highest BCUT2D eigenvalue weighted by Gasteiger charge is 2.20. The van der Waals surface area contributed by atoms with Gasteiger partial charge in [0.05, 0.1) is 16.0 Å². The Kier molecular flexibility index (Phi) is 5.53. The summed E-state index contributed by atoms with van der Waals surface area (Å²) in [6.07, 6.45) is 1.48. The number of carbonyl (C=O) groups excluding carboxylic acids is 1. The lowest BCUT2D eigenvalue weighted by Crippen LogP contribution is -2.23. The summed E-state index contributed by atoms with van der Waals surface area (Å²) in [4.78, 5) is 16.5. The molecule has 0 fully saturated rings. The van der Waals surface area contributed by atoms with Crippen LogP contribution < -0.4 is 5.32 Å². The number of nitrogens with zero attached hydrogens (tertiary/aromatic N) is 5. The lowest BCUT2D eigenvalue weighted by atomic mass is 10.1. The molecule has 1 atom stereocenters. The third-order valence-electron chi connectivity index (χ3n) is 3.65. The van der Waals surface area contributed by atoms with E-state index in [0.29, 0.717) is 16.0 Å². The number of thioether (sulfide) groups is 1. The van der Waals surface area contributed by atoms with E-state index in [1.807, 2.05) is 26.0 Å². The van der Waals surface area contributed by atoms with Crippen LogP contribution in [0.1, 0.15) is 18.1 Å². The van der Waals surface area contributed by atoms with Gasteiger partial charge in [0, 0.05) is 6.20 Å². The fourth-order valence-corrected chi connectivity index (χ4v) is 3.25. The number of anilines is 1. The maximum Gasteiger partial charge on any atom is 0.238 e. The molecule has 26 heavy (non-hydrogen) atoms. The van der Waals surface area contributed by atoms with E-state index in [1.165, 1.54) is 18.0 Å². The van der Waals surface area contributed by atoms with E-state index in [-0.39, 0.29) is 5.91 Å². The summed E-state index contributed by atoms with van der Waals surface area (Å²) in [6, 6.07) is 9.35. The van der Waals surface area contributed by atoms with E-state index in [0.717, 1.165) is 16.8 Å². The van der Waals surface area contributed by atoms with Gasteiger partial charge in [-0.05, 0) is 55.0 Å². The minimum absolute atomic E-state index is 0.194. The number of rotatable bonds is 5. The van der Waals surface area contributed by atoms with Gasteiger partial charge in [0.15, 0.2) is 0 Å². The highest BCUT2D eigenvalue weighted by atomic mass is 35.5. The summed E-state index contributed by atoms with van der Waals surface area (Å²) in [5.74, 6) is 0.251. The van der Waals surface area contributed by atoms with Gasteiger partial charge in [-0.2, -0.15) is 4.68 Å². The standard InChI is InChI=1S/C17H17ClN6OS/c1-10-4-6-14(11(2)8-10)24-17(21-22-23-24)26-12(3)16(25)20-15-7-5-13(18)9-19-15/h4-9,12H,1-3H3,(H,19,20,25)/t12-/m1/s1. The highest BCUT2D eigenvalue weighted by molar-refractivity contribution is 8.00. The lowest BCUT2D eigenvalue weighted by molar-refractivity contribution is -0.115. The molecule has 1 aromatic carbocycles. The van der Waals surface area contributed by atoms with Gasteiger partial charge in [0.25, 0.3) is 0 Å². The third kappa shape index (κ3) is 4.20. The van der Waals surface area contributed by atoms with Crippen LogP contribution in [0.5, 0.6) is 0 Å².